The molecule has 10 heteroatoms. The maximum absolute atomic E-state index is 12.6. The first-order chi connectivity index (χ1) is 14.8. The maximum atomic E-state index is 12.6. The van der Waals surface area contributed by atoms with E-state index in [0.29, 0.717) is 28.1 Å². The Morgan fingerprint density at radius 3 is 2.87 bits per heavy atom. The van der Waals surface area contributed by atoms with Crippen molar-refractivity contribution in [2.75, 3.05) is 11.1 Å². The lowest BCUT2D eigenvalue weighted by atomic mass is 9.88. The predicted molar refractivity (Wildman–Crippen MR) is 123 cm³/mol. The zero-order valence-corrected chi connectivity index (χ0v) is 19.5. The number of carbonyl (C=O) groups is 2. The second-order valence-corrected chi connectivity index (χ2v) is 10.0. The van der Waals surface area contributed by atoms with Crippen LogP contribution < -0.4 is 11.1 Å². The molecule has 0 aromatic carbocycles. The number of thioether (sulfide) groups is 1. The monoisotopic (exact) mass is 458 g/mol. The van der Waals surface area contributed by atoms with Crippen LogP contribution in [0.5, 0.6) is 0 Å². The zero-order valence-electron chi connectivity index (χ0n) is 17.8. The summed E-state index contributed by atoms with van der Waals surface area (Å²) in [6.07, 6.45) is 5.45. The predicted octanol–water partition coefficient (Wildman–Crippen LogP) is 2.76. The fraction of sp³-hybridized carbons (Fsp3) is 0.429. The molecule has 1 aliphatic carbocycles. The molecule has 4 rings (SSSR count). The van der Waals surface area contributed by atoms with Gasteiger partial charge in [-0.15, -0.1) is 21.5 Å². The Balaban J connectivity index is 1.41. The molecular formula is C21H26N6O2S2. The molecule has 2 amide bonds. The van der Waals surface area contributed by atoms with Gasteiger partial charge in [0, 0.05) is 37.3 Å². The number of nitrogens with two attached hydrogens (primary N) is 1. The van der Waals surface area contributed by atoms with Gasteiger partial charge in [0.05, 0.1) is 11.3 Å². The number of amides is 2. The highest BCUT2D eigenvalue weighted by molar-refractivity contribution is 7.99. The molecule has 8 nitrogen and oxygen atoms in total. The smallest absolute Gasteiger partial charge is 0.251 e. The van der Waals surface area contributed by atoms with Crippen molar-refractivity contribution in [2.24, 2.45) is 25.7 Å². The minimum absolute atomic E-state index is 0.174. The summed E-state index contributed by atoms with van der Waals surface area (Å²) in [6, 6.07) is 4.04. The fourth-order valence-electron chi connectivity index (χ4n) is 3.86. The molecule has 0 radical (unpaired) electrons. The Morgan fingerprint density at radius 2 is 2.16 bits per heavy atom. The summed E-state index contributed by atoms with van der Waals surface area (Å²) in [6.45, 7) is 2.20. The quantitative estimate of drug-likeness (QED) is 0.529. The van der Waals surface area contributed by atoms with Crippen LogP contribution in [0.15, 0.2) is 23.5 Å². The Labute approximate surface area is 189 Å². The average molecular weight is 459 g/mol. The largest absolute Gasteiger partial charge is 0.365 e. The van der Waals surface area contributed by atoms with Crippen LogP contribution in [0.1, 0.15) is 45.7 Å². The van der Waals surface area contributed by atoms with E-state index in [-0.39, 0.29) is 11.7 Å². The van der Waals surface area contributed by atoms with Gasteiger partial charge in [0.15, 0.2) is 5.16 Å². The zero-order chi connectivity index (χ0) is 22.1. The van der Waals surface area contributed by atoms with Crippen molar-refractivity contribution >= 4 is 39.9 Å². The first kappa shape index (κ1) is 21.6. The van der Waals surface area contributed by atoms with Gasteiger partial charge in [-0.2, -0.15) is 0 Å². The lowest BCUT2D eigenvalue weighted by Crippen LogP contribution is -2.20. The number of hydrogen-bond acceptors (Lipinski definition) is 6. The van der Waals surface area contributed by atoms with Crippen LogP contribution in [0, 0.1) is 5.92 Å². The van der Waals surface area contributed by atoms with Gasteiger partial charge in [0.25, 0.3) is 5.91 Å². The molecule has 1 aliphatic rings. The lowest BCUT2D eigenvalue weighted by Gasteiger charge is -2.18. The van der Waals surface area contributed by atoms with Gasteiger partial charge in [-0.1, -0.05) is 18.7 Å². The van der Waals surface area contributed by atoms with E-state index in [0.717, 1.165) is 41.2 Å². The van der Waals surface area contributed by atoms with Crippen LogP contribution in [0.4, 0.5) is 5.00 Å². The van der Waals surface area contributed by atoms with E-state index in [9.17, 15) is 9.59 Å². The number of hydrogen-bond donors (Lipinski definition) is 2. The van der Waals surface area contributed by atoms with Gasteiger partial charge in [-0.3, -0.25) is 9.59 Å². The van der Waals surface area contributed by atoms with Gasteiger partial charge >= 0.3 is 0 Å². The Morgan fingerprint density at radius 1 is 1.35 bits per heavy atom. The molecule has 0 spiro atoms. The second-order valence-electron chi connectivity index (χ2n) is 8.00. The molecule has 1 unspecified atom stereocenters. The fourth-order valence-corrected chi connectivity index (χ4v) is 6.02. The number of carbonyl (C=O) groups excluding carboxylic acids is 2. The van der Waals surface area contributed by atoms with Gasteiger partial charge in [-0.05, 0) is 42.9 Å². The van der Waals surface area contributed by atoms with E-state index in [1.807, 2.05) is 41.6 Å². The molecule has 31 heavy (non-hydrogen) atoms. The Bertz CT molecular complexity index is 1130. The number of aryl methyl sites for hydroxylation is 1. The van der Waals surface area contributed by atoms with Crippen molar-refractivity contribution in [3.05, 3.63) is 45.9 Å². The van der Waals surface area contributed by atoms with Crippen molar-refractivity contribution in [2.45, 2.75) is 37.8 Å². The van der Waals surface area contributed by atoms with E-state index < -0.39 is 5.91 Å². The van der Waals surface area contributed by atoms with Crippen LogP contribution in [0.3, 0.4) is 0 Å². The summed E-state index contributed by atoms with van der Waals surface area (Å²) < 4.78 is 3.96. The van der Waals surface area contributed by atoms with Crippen LogP contribution in [0.25, 0.3) is 0 Å². The number of thiophene rings is 1. The number of aromatic nitrogens is 4. The minimum atomic E-state index is -0.478. The summed E-state index contributed by atoms with van der Waals surface area (Å²) in [5.41, 5.74) is 8.27. The van der Waals surface area contributed by atoms with Crippen molar-refractivity contribution in [3.63, 3.8) is 0 Å². The van der Waals surface area contributed by atoms with Crippen LogP contribution in [-0.2, 0) is 38.2 Å². The third-order valence-electron chi connectivity index (χ3n) is 5.66. The normalized spacial score (nSPS) is 15.6. The molecule has 3 aromatic heterocycles. The molecule has 3 heterocycles. The van der Waals surface area contributed by atoms with Crippen LogP contribution in [0.2, 0.25) is 0 Å². The van der Waals surface area contributed by atoms with E-state index in [1.54, 1.807) is 0 Å². The van der Waals surface area contributed by atoms with E-state index in [1.165, 1.54) is 23.1 Å². The standard InChI is InChI=1S/C21H26N6O2S2/c1-12-6-7-14-15(9-12)31-20(18(14)19(22)29)23-17(28)11-30-21-25-24-16(27(21)3)10-13-5-4-8-26(13)2/h4-5,8,12H,6-7,9-11H2,1-3H3,(H2,22,29)(H,23,28). The minimum Gasteiger partial charge on any atom is -0.365 e. The van der Waals surface area contributed by atoms with Crippen molar-refractivity contribution in [3.8, 4) is 0 Å². The molecule has 0 aliphatic heterocycles. The maximum Gasteiger partial charge on any atom is 0.251 e. The molecule has 0 saturated carbocycles. The van der Waals surface area contributed by atoms with Gasteiger partial charge in [-0.25, -0.2) is 0 Å². The highest BCUT2D eigenvalue weighted by Crippen LogP contribution is 2.39. The van der Waals surface area contributed by atoms with Crippen LogP contribution >= 0.6 is 23.1 Å². The van der Waals surface area contributed by atoms with E-state index in [4.69, 9.17) is 5.73 Å². The van der Waals surface area contributed by atoms with Crippen LogP contribution in [-0.4, -0.2) is 36.9 Å². The molecule has 0 fully saturated rings. The molecule has 3 aromatic rings. The Hall–Kier alpha value is -2.59. The van der Waals surface area contributed by atoms with Crippen molar-refractivity contribution < 1.29 is 9.59 Å². The van der Waals surface area contributed by atoms with Gasteiger partial charge in [0.2, 0.25) is 5.91 Å². The van der Waals surface area contributed by atoms with E-state index >= 15 is 0 Å². The lowest BCUT2D eigenvalue weighted by molar-refractivity contribution is -0.113. The number of primary amides is 1. The first-order valence-electron chi connectivity index (χ1n) is 10.2. The summed E-state index contributed by atoms with van der Waals surface area (Å²) in [4.78, 5) is 25.8. The highest BCUT2D eigenvalue weighted by Gasteiger charge is 2.27. The van der Waals surface area contributed by atoms with E-state index in [2.05, 4.69) is 22.4 Å². The molecule has 0 saturated heterocycles. The highest BCUT2D eigenvalue weighted by atomic mass is 32.2. The first-order valence-corrected chi connectivity index (χ1v) is 12.0. The van der Waals surface area contributed by atoms with Crippen molar-refractivity contribution in [1.29, 1.82) is 0 Å². The molecular weight excluding hydrogens is 432 g/mol. The summed E-state index contributed by atoms with van der Waals surface area (Å²) in [5, 5.41) is 12.6. The molecule has 3 N–H and O–H groups in total. The SMILES string of the molecule is CC1CCc2c(sc(NC(=O)CSc3nnc(Cc4cccn4C)n3C)c2C(N)=O)C1. The number of nitrogens with zero attached hydrogens (tertiary/aromatic N) is 4. The van der Waals surface area contributed by atoms with Crippen molar-refractivity contribution in [1.82, 2.24) is 19.3 Å². The van der Waals surface area contributed by atoms with Gasteiger partial charge < -0.3 is 20.2 Å². The third kappa shape index (κ3) is 4.54. The molecule has 1 atom stereocenters. The third-order valence-corrected chi connectivity index (χ3v) is 7.85. The summed E-state index contributed by atoms with van der Waals surface area (Å²) in [5.74, 6) is 0.917. The molecule has 0 bridgehead atoms. The number of fused-ring (bicyclic) bond motifs is 1. The number of rotatable bonds is 7. The second kappa shape index (κ2) is 8.88. The summed E-state index contributed by atoms with van der Waals surface area (Å²) in [7, 11) is 3.90. The summed E-state index contributed by atoms with van der Waals surface area (Å²) >= 11 is 2.80. The number of nitrogens with one attached hydrogen (secondary N) is 1. The Kier molecular flexibility index (Phi) is 6.19. The topological polar surface area (TPSA) is 108 Å². The van der Waals surface area contributed by atoms with Gasteiger partial charge in [0.1, 0.15) is 10.8 Å². The molecule has 164 valence electrons. The average Bonchev–Trinajstić information content (AvgIpc) is 3.38. The number of anilines is 1.